The van der Waals surface area contributed by atoms with E-state index in [1.54, 1.807) is 0 Å². The van der Waals surface area contributed by atoms with Crippen molar-refractivity contribution in [3.8, 4) is 0 Å². The highest BCUT2D eigenvalue weighted by Gasteiger charge is 2.34. The highest BCUT2D eigenvalue weighted by molar-refractivity contribution is 9.08. The molecule has 18 heavy (non-hydrogen) atoms. The monoisotopic (exact) mass is 308 g/mol. The normalized spacial score (nSPS) is 27.9. The Kier molecular flexibility index (Phi) is 3.88. The van der Waals surface area contributed by atoms with E-state index in [1.807, 2.05) is 12.3 Å². The number of fused-ring (bicyclic) bond motifs is 1. The molecule has 2 fully saturated rings. The molecule has 1 aliphatic heterocycles. The van der Waals surface area contributed by atoms with E-state index < -0.39 is 0 Å². The molecule has 0 bridgehead atoms. The number of rotatable bonds is 2. The van der Waals surface area contributed by atoms with Gasteiger partial charge >= 0.3 is 0 Å². The van der Waals surface area contributed by atoms with Gasteiger partial charge in [0.05, 0.1) is 0 Å². The molecule has 0 aromatic carbocycles. The maximum absolute atomic E-state index is 4.66. The predicted octanol–water partition coefficient (Wildman–Crippen LogP) is 4.14. The van der Waals surface area contributed by atoms with Gasteiger partial charge in [0.1, 0.15) is 5.82 Å². The Morgan fingerprint density at radius 3 is 2.94 bits per heavy atom. The van der Waals surface area contributed by atoms with Crippen molar-refractivity contribution in [2.24, 2.45) is 5.92 Å². The number of anilines is 1. The minimum atomic E-state index is 0.750. The lowest BCUT2D eigenvalue weighted by Gasteiger charge is -2.45. The van der Waals surface area contributed by atoms with Crippen molar-refractivity contribution in [1.82, 2.24) is 4.98 Å². The first-order valence-corrected chi connectivity index (χ1v) is 8.29. The number of alkyl halides is 1. The zero-order valence-electron chi connectivity index (χ0n) is 10.8. The summed E-state index contributed by atoms with van der Waals surface area (Å²) in [7, 11) is 0. The number of nitrogens with zero attached hydrogens (tertiary/aromatic N) is 2. The Hall–Kier alpha value is -0.570. The lowest BCUT2D eigenvalue weighted by atomic mass is 9.78. The van der Waals surface area contributed by atoms with Crippen LogP contribution in [0.3, 0.4) is 0 Å². The van der Waals surface area contributed by atoms with Crippen LogP contribution in [0.15, 0.2) is 18.3 Å². The second-order valence-electron chi connectivity index (χ2n) is 5.57. The van der Waals surface area contributed by atoms with Crippen molar-refractivity contribution in [2.45, 2.75) is 49.9 Å². The molecule has 1 saturated carbocycles. The Labute approximate surface area is 118 Å². The van der Waals surface area contributed by atoms with Gasteiger partial charge in [-0.15, -0.1) is 0 Å². The Morgan fingerprint density at radius 1 is 1.22 bits per heavy atom. The summed E-state index contributed by atoms with van der Waals surface area (Å²) in [6, 6.07) is 4.99. The van der Waals surface area contributed by atoms with Crippen molar-refractivity contribution in [3.05, 3.63) is 23.9 Å². The van der Waals surface area contributed by atoms with Gasteiger partial charge in [-0.3, -0.25) is 0 Å². The predicted molar refractivity (Wildman–Crippen MR) is 79.2 cm³/mol. The molecule has 1 aromatic rings. The molecule has 0 radical (unpaired) electrons. The molecule has 1 saturated heterocycles. The van der Waals surface area contributed by atoms with Crippen LogP contribution in [0, 0.1) is 5.92 Å². The van der Waals surface area contributed by atoms with Crippen molar-refractivity contribution < 1.29 is 0 Å². The third kappa shape index (κ3) is 2.29. The molecule has 3 rings (SSSR count). The molecular formula is C15H21BrN2. The third-order valence-electron chi connectivity index (χ3n) is 4.53. The van der Waals surface area contributed by atoms with E-state index in [0.717, 1.165) is 17.3 Å². The molecule has 1 aliphatic carbocycles. The van der Waals surface area contributed by atoms with E-state index in [-0.39, 0.29) is 0 Å². The number of pyridine rings is 1. The van der Waals surface area contributed by atoms with Crippen LogP contribution in [0.25, 0.3) is 0 Å². The van der Waals surface area contributed by atoms with Crippen LogP contribution < -0.4 is 4.90 Å². The second kappa shape index (κ2) is 5.60. The number of hydrogen-bond acceptors (Lipinski definition) is 2. The summed E-state index contributed by atoms with van der Waals surface area (Å²) < 4.78 is 0. The number of aromatic nitrogens is 1. The van der Waals surface area contributed by atoms with Gasteiger partial charge in [-0.1, -0.05) is 34.8 Å². The van der Waals surface area contributed by atoms with Crippen molar-refractivity contribution in [1.29, 1.82) is 0 Å². The summed E-state index contributed by atoms with van der Waals surface area (Å²) in [5.74, 6) is 2.14. The van der Waals surface area contributed by atoms with Gasteiger partial charge in [0.15, 0.2) is 0 Å². The van der Waals surface area contributed by atoms with Gasteiger partial charge in [-0.05, 0) is 37.7 Å². The zero-order chi connectivity index (χ0) is 12.4. The van der Waals surface area contributed by atoms with Crippen LogP contribution in [0.4, 0.5) is 5.82 Å². The molecule has 2 heterocycles. The summed E-state index contributed by atoms with van der Waals surface area (Å²) >= 11 is 3.60. The third-order valence-corrected chi connectivity index (χ3v) is 5.13. The fraction of sp³-hybridized carbons (Fsp3) is 0.667. The number of halogens is 1. The van der Waals surface area contributed by atoms with Crippen LogP contribution in [-0.2, 0) is 5.33 Å². The van der Waals surface area contributed by atoms with Gasteiger partial charge in [-0.2, -0.15) is 0 Å². The zero-order valence-corrected chi connectivity index (χ0v) is 12.4. The van der Waals surface area contributed by atoms with E-state index in [4.69, 9.17) is 0 Å². The number of piperidine rings is 1. The van der Waals surface area contributed by atoms with E-state index in [1.165, 1.54) is 56.5 Å². The Bertz CT molecular complexity index is 405. The SMILES string of the molecule is BrCc1cccnc1N1CCCC2CCCCC21. The van der Waals surface area contributed by atoms with Gasteiger partial charge in [0.25, 0.3) is 0 Å². The lowest BCUT2D eigenvalue weighted by molar-refractivity contribution is 0.242. The molecule has 2 aliphatic rings. The first-order valence-electron chi connectivity index (χ1n) is 7.16. The summed E-state index contributed by atoms with van der Waals surface area (Å²) in [5, 5.41) is 0.907. The molecule has 0 spiro atoms. The maximum Gasteiger partial charge on any atom is 0.132 e. The molecule has 1 aromatic heterocycles. The summed E-state index contributed by atoms with van der Waals surface area (Å²) in [6.07, 6.45) is 10.3. The minimum absolute atomic E-state index is 0.750. The average Bonchev–Trinajstić information content (AvgIpc) is 2.46. The van der Waals surface area contributed by atoms with Crippen molar-refractivity contribution in [3.63, 3.8) is 0 Å². The second-order valence-corrected chi connectivity index (χ2v) is 6.13. The van der Waals surface area contributed by atoms with Crippen LogP contribution in [-0.4, -0.2) is 17.6 Å². The molecule has 2 nitrogen and oxygen atoms in total. The topological polar surface area (TPSA) is 16.1 Å². The number of hydrogen-bond donors (Lipinski definition) is 0. The smallest absolute Gasteiger partial charge is 0.132 e. The fourth-order valence-corrected chi connectivity index (χ4v) is 4.12. The van der Waals surface area contributed by atoms with Crippen LogP contribution in [0.5, 0.6) is 0 Å². The summed E-state index contributed by atoms with van der Waals surface area (Å²) in [5.41, 5.74) is 1.34. The van der Waals surface area contributed by atoms with Crippen LogP contribution in [0.1, 0.15) is 44.1 Å². The fourth-order valence-electron chi connectivity index (χ4n) is 3.68. The van der Waals surface area contributed by atoms with Crippen molar-refractivity contribution >= 4 is 21.7 Å². The standard InChI is InChI=1S/C15H21BrN2/c16-11-13-6-3-9-17-15(13)18-10-4-7-12-5-1-2-8-14(12)18/h3,6,9,12,14H,1-2,4-5,7-8,10-11H2. The molecule has 2 unspecified atom stereocenters. The Morgan fingerprint density at radius 2 is 2.06 bits per heavy atom. The summed E-state index contributed by atoms with van der Waals surface area (Å²) in [4.78, 5) is 7.26. The molecule has 98 valence electrons. The molecule has 2 atom stereocenters. The van der Waals surface area contributed by atoms with Crippen LogP contribution in [0.2, 0.25) is 0 Å². The van der Waals surface area contributed by atoms with Gasteiger partial charge in [0.2, 0.25) is 0 Å². The van der Waals surface area contributed by atoms with Gasteiger partial charge in [0, 0.05) is 29.7 Å². The highest BCUT2D eigenvalue weighted by atomic mass is 79.9. The lowest BCUT2D eigenvalue weighted by Crippen LogP contribution is -2.47. The van der Waals surface area contributed by atoms with E-state index in [0.29, 0.717) is 0 Å². The van der Waals surface area contributed by atoms with E-state index in [9.17, 15) is 0 Å². The first-order chi connectivity index (χ1) is 8.90. The molecule has 0 N–H and O–H groups in total. The maximum atomic E-state index is 4.66. The van der Waals surface area contributed by atoms with E-state index >= 15 is 0 Å². The molecular weight excluding hydrogens is 288 g/mol. The Balaban J connectivity index is 1.89. The minimum Gasteiger partial charge on any atom is -0.353 e. The van der Waals surface area contributed by atoms with Gasteiger partial charge < -0.3 is 4.90 Å². The molecule has 3 heteroatoms. The molecule has 0 amide bonds. The van der Waals surface area contributed by atoms with Gasteiger partial charge in [-0.25, -0.2) is 4.98 Å². The van der Waals surface area contributed by atoms with Crippen LogP contribution >= 0.6 is 15.9 Å². The summed E-state index contributed by atoms with van der Waals surface area (Å²) in [6.45, 7) is 1.19. The van der Waals surface area contributed by atoms with E-state index in [2.05, 4.69) is 31.9 Å². The highest BCUT2D eigenvalue weighted by Crippen LogP contribution is 2.38. The first kappa shape index (κ1) is 12.5. The average molecular weight is 309 g/mol. The van der Waals surface area contributed by atoms with Crippen molar-refractivity contribution in [2.75, 3.05) is 11.4 Å². The largest absolute Gasteiger partial charge is 0.353 e. The quantitative estimate of drug-likeness (QED) is 0.764.